The van der Waals surface area contributed by atoms with E-state index in [0.717, 1.165) is 16.9 Å². The molecule has 104 valence electrons. The first kappa shape index (κ1) is 15.5. The van der Waals surface area contributed by atoms with E-state index >= 15 is 0 Å². The molecule has 0 radical (unpaired) electrons. The molecule has 1 heterocycles. The number of nitrogens with two attached hydrogens (primary N) is 1. The fourth-order valence-electron chi connectivity index (χ4n) is 2.00. The number of para-hydroxylation sites is 1. The van der Waals surface area contributed by atoms with E-state index in [0.29, 0.717) is 6.54 Å². The lowest BCUT2D eigenvalue weighted by Gasteiger charge is -2.07. The van der Waals surface area contributed by atoms with Crippen LogP contribution in [0.15, 0.2) is 18.2 Å². The maximum atomic E-state index is 11.4. The number of nitrogens with zero attached hydrogens (tertiary/aromatic N) is 2. The van der Waals surface area contributed by atoms with Crippen LogP contribution >= 0.6 is 12.4 Å². The van der Waals surface area contributed by atoms with E-state index < -0.39 is 6.04 Å². The third kappa shape index (κ3) is 3.05. The average Bonchev–Trinajstić information content (AvgIpc) is 2.64. The van der Waals surface area contributed by atoms with Crippen molar-refractivity contribution < 1.29 is 4.79 Å². The van der Waals surface area contributed by atoms with Crippen LogP contribution in [-0.4, -0.2) is 21.5 Å². The molecule has 1 amide bonds. The fraction of sp³-hybridized carbons (Fsp3) is 0.385. The highest BCUT2D eigenvalue weighted by molar-refractivity contribution is 5.85. The first-order valence-electron chi connectivity index (χ1n) is 5.95. The van der Waals surface area contributed by atoms with E-state index in [4.69, 9.17) is 5.73 Å². The number of rotatable bonds is 3. The second-order valence-corrected chi connectivity index (χ2v) is 4.54. The first-order chi connectivity index (χ1) is 8.50. The predicted molar refractivity (Wildman–Crippen MR) is 78.2 cm³/mol. The molecule has 6 heteroatoms. The van der Waals surface area contributed by atoms with E-state index in [-0.39, 0.29) is 18.3 Å². The van der Waals surface area contributed by atoms with Gasteiger partial charge in [-0.3, -0.25) is 4.79 Å². The van der Waals surface area contributed by atoms with Gasteiger partial charge < -0.3 is 15.6 Å². The zero-order valence-corrected chi connectivity index (χ0v) is 12.1. The van der Waals surface area contributed by atoms with Crippen LogP contribution in [0.3, 0.4) is 0 Å². The van der Waals surface area contributed by atoms with Gasteiger partial charge in [-0.15, -0.1) is 12.4 Å². The smallest absolute Gasteiger partial charge is 0.237 e. The van der Waals surface area contributed by atoms with Crippen molar-refractivity contribution in [3.63, 3.8) is 0 Å². The number of fused-ring (bicyclic) bond motifs is 1. The van der Waals surface area contributed by atoms with Crippen molar-refractivity contribution in [2.75, 3.05) is 0 Å². The van der Waals surface area contributed by atoms with Gasteiger partial charge in [0.1, 0.15) is 5.82 Å². The quantitative estimate of drug-likeness (QED) is 0.890. The Balaban J connectivity index is 0.00000180. The highest BCUT2D eigenvalue weighted by Gasteiger charge is 2.11. The molecule has 0 aliphatic carbocycles. The topological polar surface area (TPSA) is 72.9 Å². The van der Waals surface area contributed by atoms with Crippen molar-refractivity contribution in [1.82, 2.24) is 14.9 Å². The molecule has 3 N–H and O–H groups in total. The SMILES string of the molecule is Cc1cccc2nc(CNC(=O)[C@@H](C)N)n(C)c12.Cl. The van der Waals surface area contributed by atoms with Gasteiger partial charge in [-0.05, 0) is 25.5 Å². The number of halogens is 1. The summed E-state index contributed by atoms with van der Waals surface area (Å²) in [6, 6.07) is 5.50. The number of imidazole rings is 1. The van der Waals surface area contributed by atoms with Gasteiger partial charge in [0.15, 0.2) is 0 Å². The van der Waals surface area contributed by atoms with Crippen molar-refractivity contribution in [2.24, 2.45) is 12.8 Å². The van der Waals surface area contributed by atoms with Gasteiger partial charge in [0, 0.05) is 7.05 Å². The lowest BCUT2D eigenvalue weighted by atomic mass is 10.2. The van der Waals surface area contributed by atoms with E-state index in [1.807, 2.05) is 36.7 Å². The largest absolute Gasteiger partial charge is 0.348 e. The molecule has 5 nitrogen and oxygen atoms in total. The zero-order valence-electron chi connectivity index (χ0n) is 11.3. The van der Waals surface area contributed by atoms with Crippen molar-refractivity contribution >= 4 is 29.3 Å². The lowest BCUT2D eigenvalue weighted by molar-refractivity contribution is -0.122. The molecule has 0 aliphatic heterocycles. The minimum atomic E-state index is -0.499. The number of hydrogen-bond donors (Lipinski definition) is 2. The van der Waals surface area contributed by atoms with Crippen LogP contribution < -0.4 is 11.1 Å². The number of hydrogen-bond acceptors (Lipinski definition) is 3. The molecule has 0 spiro atoms. The summed E-state index contributed by atoms with van der Waals surface area (Å²) in [6.45, 7) is 4.10. The molecular weight excluding hydrogens is 264 g/mol. The van der Waals surface area contributed by atoms with Crippen molar-refractivity contribution in [1.29, 1.82) is 0 Å². The number of benzene rings is 1. The Bertz CT molecular complexity index is 592. The number of carbonyl (C=O) groups excluding carboxylic acids is 1. The van der Waals surface area contributed by atoms with Crippen LogP contribution in [0.2, 0.25) is 0 Å². The third-order valence-corrected chi connectivity index (χ3v) is 3.02. The molecule has 0 saturated heterocycles. The molecule has 0 fully saturated rings. The van der Waals surface area contributed by atoms with Gasteiger partial charge in [0.05, 0.1) is 23.6 Å². The van der Waals surface area contributed by atoms with E-state index in [1.54, 1.807) is 6.92 Å². The second kappa shape index (κ2) is 6.04. The summed E-state index contributed by atoms with van der Waals surface area (Å²) in [5.41, 5.74) is 8.72. The molecule has 0 saturated carbocycles. The molecule has 0 unspecified atom stereocenters. The maximum absolute atomic E-state index is 11.4. The highest BCUT2D eigenvalue weighted by Crippen LogP contribution is 2.18. The Labute approximate surface area is 118 Å². The number of aryl methyl sites for hydroxylation is 2. The van der Waals surface area contributed by atoms with Crippen molar-refractivity contribution in [3.05, 3.63) is 29.6 Å². The van der Waals surface area contributed by atoms with Gasteiger partial charge >= 0.3 is 0 Å². The van der Waals surface area contributed by atoms with Crippen LogP contribution in [0.5, 0.6) is 0 Å². The summed E-state index contributed by atoms with van der Waals surface area (Å²) in [4.78, 5) is 15.9. The zero-order chi connectivity index (χ0) is 13.3. The Morgan fingerprint density at radius 3 is 2.79 bits per heavy atom. The normalized spacial score (nSPS) is 12.0. The summed E-state index contributed by atoms with van der Waals surface area (Å²) >= 11 is 0. The van der Waals surface area contributed by atoms with E-state index in [2.05, 4.69) is 10.3 Å². The number of amides is 1. The molecular formula is C13H19ClN4O. The first-order valence-corrected chi connectivity index (χ1v) is 5.95. The molecule has 19 heavy (non-hydrogen) atoms. The standard InChI is InChI=1S/C13H18N4O.ClH/c1-8-5-4-6-10-12(8)17(3)11(16-10)7-15-13(18)9(2)14;/h4-6,9H,7,14H2,1-3H3,(H,15,18);1H/t9-;/m1./s1. The molecule has 2 rings (SSSR count). The minimum absolute atomic E-state index is 0. The molecule has 1 aromatic heterocycles. The summed E-state index contributed by atoms with van der Waals surface area (Å²) in [7, 11) is 1.95. The van der Waals surface area contributed by atoms with Gasteiger partial charge in [-0.25, -0.2) is 4.98 Å². The van der Waals surface area contributed by atoms with Gasteiger partial charge in [0.25, 0.3) is 0 Å². The highest BCUT2D eigenvalue weighted by atomic mass is 35.5. The molecule has 0 aliphatic rings. The van der Waals surface area contributed by atoms with Crippen molar-refractivity contribution in [3.8, 4) is 0 Å². The minimum Gasteiger partial charge on any atom is -0.348 e. The monoisotopic (exact) mass is 282 g/mol. The molecule has 0 bridgehead atoms. The third-order valence-electron chi connectivity index (χ3n) is 3.02. The van der Waals surface area contributed by atoms with Gasteiger partial charge in [-0.1, -0.05) is 12.1 Å². The van der Waals surface area contributed by atoms with Gasteiger partial charge in [0.2, 0.25) is 5.91 Å². The molecule has 1 aromatic carbocycles. The summed E-state index contributed by atoms with van der Waals surface area (Å²) < 4.78 is 2.01. The number of aromatic nitrogens is 2. The second-order valence-electron chi connectivity index (χ2n) is 4.54. The lowest BCUT2D eigenvalue weighted by Crippen LogP contribution is -2.38. The van der Waals surface area contributed by atoms with Crippen molar-refractivity contribution in [2.45, 2.75) is 26.4 Å². The summed E-state index contributed by atoms with van der Waals surface area (Å²) in [5.74, 6) is 0.659. The summed E-state index contributed by atoms with van der Waals surface area (Å²) in [5, 5.41) is 2.77. The molecule has 2 aromatic rings. The Kier molecular flexibility index (Phi) is 4.91. The van der Waals surface area contributed by atoms with Crippen LogP contribution in [0.1, 0.15) is 18.3 Å². The fourth-order valence-corrected chi connectivity index (χ4v) is 2.00. The van der Waals surface area contributed by atoms with Crippen LogP contribution in [0.25, 0.3) is 11.0 Å². The van der Waals surface area contributed by atoms with Crippen LogP contribution in [-0.2, 0) is 18.4 Å². The molecule has 1 atom stereocenters. The summed E-state index contributed by atoms with van der Waals surface area (Å²) in [6.07, 6.45) is 0. The maximum Gasteiger partial charge on any atom is 0.237 e. The number of carbonyl (C=O) groups is 1. The average molecular weight is 283 g/mol. The van der Waals surface area contributed by atoms with E-state index in [9.17, 15) is 4.79 Å². The Morgan fingerprint density at radius 2 is 2.21 bits per heavy atom. The Morgan fingerprint density at radius 1 is 1.53 bits per heavy atom. The number of nitrogens with one attached hydrogen (secondary N) is 1. The van der Waals surface area contributed by atoms with Gasteiger partial charge in [-0.2, -0.15) is 0 Å². The van der Waals surface area contributed by atoms with Crippen LogP contribution in [0, 0.1) is 6.92 Å². The van der Waals surface area contributed by atoms with Crippen LogP contribution in [0.4, 0.5) is 0 Å². The predicted octanol–water partition coefficient (Wildman–Crippen LogP) is 1.27. The van der Waals surface area contributed by atoms with E-state index in [1.165, 1.54) is 5.56 Å². The Hall–Kier alpha value is -1.59.